The highest BCUT2D eigenvalue weighted by atomic mass is 127. The predicted octanol–water partition coefficient (Wildman–Crippen LogP) is 2.53. The number of nitro benzene ring substituents is 1. The van der Waals surface area contributed by atoms with Crippen LogP contribution in [0.4, 0.5) is 11.4 Å². The third kappa shape index (κ3) is 2.86. The van der Waals surface area contributed by atoms with Gasteiger partial charge in [0.2, 0.25) is 0 Å². The summed E-state index contributed by atoms with van der Waals surface area (Å²) in [4.78, 5) is 10.5. The summed E-state index contributed by atoms with van der Waals surface area (Å²) in [5, 5.41) is 23.8. The van der Waals surface area contributed by atoms with Crippen LogP contribution in [0.25, 0.3) is 0 Å². The number of anilines is 1. The van der Waals surface area contributed by atoms with Gasteiger partial charge in [0.25, 0.3) is 5.69 Å². The van der Waals surface area contributed by atoms with Crippen LogP contribution in [-0.2, 0) is 0 Å². The first-order valence-electron chi connectivity index (χ1n) is 5.40. The molecule has 1 fully saturated rings. The number of nitrogens with one attached hydrogen (secondary N) is 1. The zero-order valence-corrected chi connectivity index (χ0v) is 11.3. The monoisotopic (exact) mass is 348 g/mol. The van der Waals surface area contributed by atoms with Crippen LogP contribution in [0.1, 0.15) is 19.3 Å². The summed E-state index contributed by atoms with van der Waals surface area (Å²) < 4.78 is 0.821. The van der Waals surface area contributed by atoms with Gasteiger partial charge in [-0.1, -0.05) is 0 Å². The van der Waals surface area contributed by atoms with E-state index < -0.39 is 10.5 Å². The summed E-state index contributed by atoms with van der Waals surface area (Å²) in [5.74, 6) is 0. The molecule has 92 valence electrons. The lowest BCUT2D eigenvalue weighted by Gasteiger charge is -2.36. The van der Waals surface area contributed by atoms with Gasteiger partial charge in [-0.05, 0) is 54.0 Å². The third-order valence-electron chi connectivity index (χ3n) is 3.05. The zero-order chi connectivity index (χ0) is 12.5. The van der Waals surface area contributed by atoms with Gasteiger partial charge in [-0.2, -0.15) is 0 Å². The van der Waals surface area contributed by atoms with Crippen molar-refractivity contribution in [3.8, 4) is 0 Å². The van der Waals surface area contributed by atoms with E-state index in [4.69, 9.17) is 0 Å². The molecule has 2 rings (SSSR count). The van der Waals surface area contributed by atoms with Crippen LogP contribution in [0.15, 0.2) is 18.2 Å². The molecule has 0 atom stereocenters. The standard InChI is InChI=1S/C11H13IN2O3/c12-8-2-3-9(10(6-8)14(16)17)13-7-11(15)4-1-5-11/h2-3,6,13,15H,1,4-5,7H2. The molecule has 1 aliphatic rings. The lowest BCUT2D eigenvalue weighted by atomic mass is 9.80. The van der Waals surface area contributed by atoms with Crippen molar-refractivity contribution in [1.82, 2.24) is 0 Å². The zero-order valence-electron chi connectivity index (χ0n) is 9.15. The number of benzene rings is 1. The number of hydrogen-bond donors (Lipinski definition) is 2. The number of halogens is 1. The van der Waals surface area contributed by atoms with E-state index in [9.17, 15) is 15.2 Å². The van der Waals surface area contributed by atoms with E-state index in [-0.39, 0.29) is 5.69 Å². The fourth-order valence-electron chi connectivity index (χ4n) is 1.83. The van der Waals surface area contributed by atoms with Gasteiger partial charge < -0.3 is 10.4 Å². The molecule has 0 aromatic heterocycles. The molecular formula is C11H13IN2O3. The Balaban J connectivity index is 2.12. The SMILES string of the molecule is O=[N+]([O-])c1cc(I)ccc1NCC1(O)CCC1. The van der Waals surface area contributed by atoms with Gasteiger partial charge in [0, 0.05) is 16.2 Å². The summed E-state index contributed by atoms with van der Waals surface area (Å²) in [5.41, 5.74) is -0.160. The maximum atomic E-state index is 10.9. The van der Waals surface area contributed by atoms with E-state index in [1.807, 2.05) is 22.6 Å². The molecule has 0 heterocycles. The van der Waals surface area contributed by atoms with E-state index in [0.717, 1.165) is 22.8 Å². The molecule has 17 heavy (non-hydrogen) atoms. The number of nitro groups is 1. The van der Waals surface area contributed by atoms with Gasteiger partial charge >= 0.3 is 0 Å². The number of hydrogen-bond acceptors (Lipinski definition) is 4. The first-order valence-corrected chi connectivity index (χ1v) is 6.48. The van der Waals surface area contributed by atoms with Crippen molar-refractivity contribution in [2.24, 2.45) is 0 Å². The van der Waals surface area contributed by atoms with E-state index in [2.05, 4.69) is 5.32 Å². The maximum absolute atomic E-state index is 10.9. The maximum Gasteiger partial charge on any atom is 0.293 e. The van der Waals surface area contributed by atoms with Gasteiger partial charge in [-0.3, -0.25) is 10.1 Å². The van der Waals surface area contributed by atoms with E-state index >= 15 is 0 Å². The minimum Gasteiger partial charge on any atom is -0.388 e. The molecular weight excluding hydrogens is 335 g/mol. The number of nitrogens with zero attached hydrogens (tertiary/aromatic N) is 1. The average Bonchev–Trinajstić information content (AvgIpc) is 2.24. The predicted molar refractivity (Wildman–Crippen MR) is 73.1 cm³/mol. The van der Waals surface area contributed by atoms with Crippen LogP contribution >= 0.6 is 22.6 Å². The van der Waals surface area contributed by atoms with E-state index in [1.165, 1.54) is 6.07 Å². The lowest BCUT2D eigenvalue weighted by molar-refractivity contribution is -0.384. The summed E-state index contributed by atoms with van der Waals surface area (Å²) >= 11 is 2.04. The van der Waals surface area contributed by atoms with Gasteiger partial charge in [0.1, 0.15) is 5.69 Å². The second-order valence-corrected chi connectivity index (χ2v) is 5.60. The molecule has 0 bridgehead atoms. The van der Waals surface area contributed by atoms with Gasteiger partial charge in [0.05, 0.1) is 10.5 Å². The summed E-state index contributed by atoms with van der Waals surface area (Å²) in [6.45, 7) is 0.369. The highest BCUT2D eigenvalue weighted by molar-refractivity contribution is 14.1. The Labute approximate surface area is 113 Å². The van der Waals surface area contributed by atoms with E-state index in [1.54, 1.807) is 12.1 Å². The molecule has 0 spiro atoms. The van der Waals surface area contributed by atoms with Gasteiger partial charge in [0.15, 0.2) is 0 Å². The normalized spacial score (nSPS) is 17.3. The van der Waals surface area contributed by atoms with Crippen molar-refractivity contribution in [3.05, 3.63) is 31.9 Å². The van der Waals surface area contributed by atoms with Gasteiger partial charge in [-0.25, -0.2) is 0 Å². The summed E-state index contributed by atoms with van der Waals surface area (Å²) in [7, 11) is 0. The Kier molecular flexibility index (Phi) is 3.53. The summed E-state index contributed by atoms with van der Waals surface area (Å²) in [6, 6.07) is 5.01. The highest BCUT2D eigenvalue weighted by Crippen LogP contribution is 2.33. The van der Waals surface area contributed by atoms with Crippen molar-refractivity contribution >= 4 is 34.0 Å². The smallest absolute Gasteiger partial charge is 0.293 e. The second-order valence-electron chi connectivity index (χ2n) is 4.35. The molecule has 2 N–H and O–H groups in total. The topological polar surface area (TPSA) is 75.4 Å². The average molecular weight is 348 g/mol. The Bertz CT molecular complexity index is 446. The molecule has 1 aromatic carbocycles. The number of aliphatic hydroxyl groups is 1. The first kappa shape index (κ1) is 12.6. The fraction of sp³-hybridized carbons (Fsp3) is 0.455. The Morgan fingerprint density at radius 1 is 1.53 bits per heavy atom. The minimum atomic E-state index is -0.684. The molecule has 1 aromatic rings. The molecule has 0 aliphatic heterocycles. The molecule has 1 aliphatic carbocycles. The lowest BCUT2D eigenvalue weighted by Crippen LogP contribution is -2.43. The fourth-order valence-corrected chi connectivity index (χ4v) is 2.30. The van der Waals surface area contributed by atoms with Crippen molar-refractivity contribution in [2.75, 3.05) is 11.9 Å². The number of rotatable bonds is 4. The molecule has 6 heteroatoms. The van der Waals surface area contributed by atoms with Crippen LogP contribution in [0.2, 0.25) is 0 Å². The van der Waals surface area contributed by atoms with Crippen LogP contribution in [0.5, 0.6) is 0 Å². The van der Waals surface area contributed by atoms with Crippen molar-refractivity contribution < 1.29 is 10.0 Å². The second kappa shape index (κ2) is 4.77. The quantitative estimate of drug-likeness (QED) is 0.498. The largest absolute Gasteiger partial charge is 0.388 e. The highest BCUT2D eigenvalue weighted by Gasteiger charge is 2.34. The molecule has 0 saturated heterocycles. The third-order valence-corrected chi connectivity index (χ3v) is 3.72. The molecule has 0 radical (unpaired) electrons. The molecule has 1 saturated carbocycles. The molecule has 0 unspecified atom stereocenters. The molecule has 5 nitrogen and oxygen atoms in total. The van der Waals surface area contributed by atoms with Gasteiger partial charge in [-0.15, -0.1) is 0 Å². The Morgan fingerprint density at radius 3 is 2.76 bits per heavy atom. The Hall–Kier alpha value is -0.890. The van der Waals surface area contributed by atoms with Crippen LogP contribution in [-0.4, -0.2) is 22.2 Å². The van der Waals surface area contributed by atoms with Crippen molar-refractivity contribution in [2.45, 2.75) is 24.9 Å². The molecule has 0 amide bonds. The van der Waals surface area contributed by atoms with Crippen molar-refractivity contribution in [1.29, 1.82) is 0 Å². The Morgan fingerprint density at radius 2 is 2.24 bits per heavy atom. The van der Waals surface area contributed by atoms with E-state index in [0.29, 0.717) is 12.2 Å². The summed E-state index contributed by atoms with van der Waals surface area (Å²) in [6.07, 6.45) is 2.54. The van der Waals surface area contributed by atoms with Crippen LogP contribution in [0, 0.1) is 13.7 Å². The van der Waals surface area contributed by atoms with Crippen molar-refractivity contribution in [3.63, 3.8) is 0 Å². The minimum absolute atomic E-state index is 0.0554. The first-order chi connectivity index (χ1) is 8.00. The van der Waals surface area contributed by atoms with Crippen LogP contribution in [0.3, 0.4) is 0 Å². The van der Waals surface area contributed by atoms with Crippen LogP contribution < -0.4 is 5.32 Å².